The molecule has 1 rings (SSSR count). The number of hydrogen-bond donors (Lipinski definition) is 3. The first-order valence-electron chi connectivity index (χ1n) is 3.42. The van der Waals surface area contributed by atoms with Crippen molar-refractivity contribution in [3.63, 3.8) is 0 Å². The summed E-state index contributed by atoms with van der Waals surface area (Å²) >= 11 is 0. The number of benzene rings is 1. The molecule has 5 nitrogen and oxygen atoms in total. The van der Waals surface area contributed by atoms with Crippen molar-refractivity contribution in [2.75, 3.05) is 0 Å². The molecule has 1 aromatic carbocycles. The average Bonchev–Trinajstić information content (AvgIpc) is 2.08. The molecule has 14 heavy (non-hydrogen) atoms. The zero-order valence-corrected chi connectivity index (χ0v) is 6.69. The SMILES string of the molecule is O=C(O)c1cc(O)c(F)cc1C(=O)O. The Morgan fingerprint density at radius 1 is 1.07 bits per heavy atom. The zero-order chi connectivity index (χ0) is 10.9. The van der Waals surface area contributed by atoms with Crippen molar-refractivity contribution < 1.29 is 29.3 Å². The van der Waals surface area contributed by atoms with Crippen molar-refractivity contribution in [3.8, 4) is 5.75 Å². The lowest BCUT2D eigenvalue weighted by atomic mass is 10.1. The highest BCUT2D eigenvalue weighted by molar-refractivity contribution is 6.02. The maximum atomic E-state index is 12.7. The van der Waals surface area contributed by atoms with Crippen molar-refractivity contribution in [2.24, 2.45) is 0 Å². The fourth-order valence-electron chi connectivity index (χ4n) is 0.916. The number of carboxylic acid groups (broad SMARTS) is 2. The van der Waals surface area contributed by atoms with E-state index in [1.807, 2.05) is 0 Å². The number of halogens is 1. The maximum Gasteiger partial charge on any atom is 0.336 e. The Bertz CT molecular complexity index is 373. The van der Waals surface area contributed by atoms with Crippen LogP contribution in [0, 0.1) is 5.82 Å². The van der Waals surface area contributed by atoms with Crippen molar-refractivity contribution in [3.05, 3.63) is 29.1 Å². The molecule has 0 atom stereocenters. The molecule has 74 valence electrons. The molecule has 0 saturated heterocycles. The van der Waals surface area contributed by atoms with Gasteiger partial charge in [0.05, 0.1) is 11.1 Å². The van der Waals surface area contributed by atoms with Gasteiger partial charge in [0.25, 0.3) is 0 Å². The van der Waals surface area contributed by atoms with Gasteiger partial charge in [-0.1, -0.05) is 0 Å². The van der Waals surface area contributed by atoms with Gasteiger partial charge < -0.3 is 15.3 Å². The van der Waals surface area contributed by atoms with Gasteiger partial charge in [0.2, 0.25) is 0 Å². The van der Waals surface area contributed by atoms with Crippen LogP contribution in [-0.4, -0.2) is 27.3 Å². The number of hydrogen-bond acceptors (Lipinski definition) is 3. The minimum Gasteiger partial charge on any atom is -0.505 e. The average molecular weight is 200 g/mol. The second kappa shape index (κ2) is 3.33. The predicted octanol–water partition coefficient (Wildman–Crippen LogP) is 0.928. The number of phenols is 1. The Kier molecular flexibility index (Phi) is 2.37. The largest absolute Gasteiger partial charge is 0.505 e. The van der Waals surface area contributed by atoms with Crippen LogP contribution in [0.4, 0.5) is 4.39 Å². The van der Waals surface area contributed by atoms with Crippen LogP contribution in [0.5, 0.6) is 5.75 Å². The van der Waals surface area contributed by atoms with Crippen LogP contribution in [0.25, 0.3) is 0 Å². The van der Waals surface area contributed by atoms with Crippen LogP contribution in [-0.2, 0) is 0 Å². The predicted molar refractivity (Wildman–Crippen MR) is 42.0 cm³/mol. The van der Waals surface area contributed by atoms with E-state index in [9.17, 15) is 14.0 Å². The Morgan fingerprint density at radius 3 is 1.93 bits per heavy atom. The third-order valence-corrected chi connectivity index (χ3v) is 1.55. The van der Waals surface area contributed by atoms with E-state index in [0.29, 0.717) is 12.1 Å². The maximum absolute atomic E-state index is 12.7. The highest BCUT2D eigenvalue weighted by Crippen LogP contribution is 2.21. The number of carboxylic acids is 2. The summed E-state index contributed by atoms with van der Waals surface area (Å²) in [4.78, 5) is 21.0. The normalized spacial score (nSPS) is 9.79. The van der Waals surface area contributed by atoms with Crippen molar-refractivity contribution in [1.29, 1.82) is 0 Å². The molecule has 3 N–H and O–H groups in total. The number of aromatic carboxylic acids is 2. The monoisotopic (exact) mass is 200 g/mol. The molecule has 0 aliphatic rings. The molecule has 0 unspecified atom stereocenters. The Balaban J connectivity index is 3.46. The molecule has 0 aromatic heterocycles. The Morgan fingerprint density at radius 2 is 1.50 bits per heavy atom. The minimum atomic E-state index is -1.57. The number of aromatic hydroxyl groups is 1. The molecule has 1 aromatic rings. The lowest BCUT2D eigenvalue weighted by Crippen LogP contribution is -2.08. The molecular weight excluding hydrogens is 195 g/mol. The van der Waals surface area contributed by atoms with Crippen LogP contribution in [0.1, 0.15) is 20.7 Å². The summed E-state index contributed by atoms with van der Waals surface area (Å²) in [5.74, 6) is -5.18. The van der Waals surface area contributed by atoms with Gasteiger partial charge in [0.1, 0.15) is 0 Å². The summed E-state index contributed by atoms with van der Waals surface area (Å²) in [6.07, 6.45) is 0. The van der Waals surface area contributed by atoms with E-state index in [-0.39, 0.29) is 0 Å². The summed E-state index contributed by atoms with van der Waals surface area (Å²) in [6.45, 7) is 0. The van der Waals surface area contributed by atoms with Crippen LogP contribution in [0.15, 0.2) is 12.1 Å². The van der Waals surface area contributed by atoms with E-state index in [2.05, 4.69) is 0 Å². The molecule has 0 saturated carbocycles. The summed E-state index contributed by atoms with van der Waals surface area (Å²) in [5.41, 5.74) is -1.36. The number of carbonyl (C=O) groups is 2. The fraction of sp³-hybridized carbons (Fsp3) is 0. The highest BCUT2D eigenvalue weighted by atomic mass is 19.1. The van der Waals surface area contributed by atoms with Gasteiger partial charge in [-0.3, -0.25) is 0 Å². The first-order chi connectivity index (χ1) is 6.43. The van der Waals surface area contributed by atoms with E-state index in [1.165, 1.54) is 0 Å². The summed E-state index contributed by atoms with van der Waals surface area (Å²) in [6, 6.07) is 1.02. The first-order valence-corrected chi connectivity index (χ1v) is 3.42. The van der Waals surface area contributed by atoms with Gasteiger partial charge in [0.15, 0.2) is 11.6 Å². The van der Waals surface area contributed by atoms with Gasteiger partial charge in [0, 0.05) is 0 Å². The lowest BCUT2D eigenvalue weighted by molar-refractivity contribution is 0.0650. The molecule has 0 radical (unpaired) electrons. The first kappa shape index (κ1) is 9.97. The topological polar surface area (TPSA) is 94.8 Å². The smallest absolute Gasteiger partial charge is 0.336 e. The lowest BCUT2D eigenvalue weighted by Gasteiger charge is -2.02. The van der Waals surface area contributed by atoms with E-state index < -0.39 is 34.6 Å². The minimum absolute atomic E-state index is 0.459. The molecular formula is C8H5FO5. The van der Waals surface area contributed by atoms with Crippen LogP contribution in [0.2, 0.25) is 0 Å². The van der Waals surface area contributed by atoms with Gasteiger partial charge in [-0.15, -0.1) is 0 Å². The van der Waals surface area contributed by atoms with E-state index in [4.69, 9.17) is 15.3 Å². The van der Waals surface area contributed by atoms with Gasteiger partial charge >= 0.3 is 11.9 Å². The fourth-order valence-corrected chi connectivity index (χ4v) is 0.916. The Labute approximate surface area is 77.0 Å². The summed E-state index contributed by atoms with van der Waals surface area (Å²) in [7, 11) is 0. The van der Waals surface area contributed by atoms with E-state index in [1.54, 1.807) is 0 Å². The van der Waals surface area contributed by atoms with Crippen molar-refractivity contribution in [1.82, 2.24) is 0 Å². The standard InChI is InChI=1S/C8H5FO5/c9-5-1-3(7(11)12)4(8(13)14)2-6(5)10/h1-2,10H,(H,11,12)(H,13,14). The van der Waals surface area contributed by atoms with E-state index >= 15 is 0 Å². The number of phenolic OH excluding ortho intramolecular Hbond substituents is 1. The molecule has 6 heteroatoms. The van der Waals surface area contributed by atoms with Gasteiger partial charge in [-0.05, 0) is 12.1 Å². The third kappa shape index (κ3) is 1.63. The van der Waals surface area contributed by atoms with Crippen LogP contribution in [0.3, 0.4) is 0 Å². The van der Waals surface area contributed by atoms with E-state index in [0.717, 1.165) is 0 Å². The molecule has 0 fully saturated rings. The molecule has 0 bridgehead atoms. The van der Waals surface area contributed by atoms with Crippen molar-refractivity contribution >= 4 is 11.9 Å². The summed E-state index contributed by atoms with van der Waals surface area (Å²) < 4.78 is 12.7. The van der Waals surface area contributed by atoms with Crippen LogP contribution >= 0.6 is 0 Å². The molecule has 0 spiro atoms. The molecule has 0 aliphatic heterocycles. The third-order valence-electron chi connectivity index (χ3n) is 1.55. The van der Waals surface area contributed by atoms with Crippen LogP contribution < -0.4 is 0 Å². The quantitative estimate of drug-likeness (QED) is 0.659. The molecule has 0 amide bonds. The highest BCUT2D eigenvalue weighted by Gasteiger charge is 2.19. The molecule has 0 aliphatic carbocycles. The zero-order valence-electron chi connectivity index (χ0n) is 6.69. The van der Waals surface area contributed by atoms with Gasteiger partial charge in [-0.25, -0.2) is 14.0 Å². The second-order valence-corrected chi connectivity index (χ2v) is 2.46. The Hall–Kier alpha value is -2.11. The summed E-state index contributed by atoms with van der Waals surface area (Å²) in [5, 5.41) is 25.9. The number of rotatable bonds is 2. The van der Waals surface area contributed by atoms with Crippen molar-refractivity contribution in [2.45, 2.75) is 0 Å². The van der Waals surface area contributed by atoms with Gasteiger partial charge in [-0.2, -0.15) is 0 Å². The second-order valence-electron chi connectivity index (χ2n) is 2.46. The molecule has 0 heterocycles.